The molecule has 180 valence electrons. The molecule has 0 amide bonds. The van der Waals surface area contributed by atoms with Crippen LogP contribution in [0.4, 0.5) is 0 Å². The molecule has 0 radical (unpaired) electrons. The van der Waals surface area contributed by atoms with E-state index in [1.54, 1.807) is 6.92 Å². The van der Waals surface area contributed by atoms with Crippen LogP contribution in [0, 0.1) is 29.6 Å². The Morgan fingerprint density at radius 3 is 1.48 bits per heavy atom. The van der Waals surface area contributed by atoms with Crippen LogP contribution in [0.1, 0.15) is 92.9 Å². The van der Waals surface area contributed by atoms with Gasteiger partial charge in [0.2, 0.25) is 4.75 Å². The molecule has 0 aliphatic heterocycles. The van der Waals surface area contributed by atoms with Crippen molar-refractivity contribution in [3.63, 3.8) is 0 Å². The summed E-state index contributed by atoms with van der Waals surface area (Å²) in [4.78, 5) is 24.6. The Balaban J connectivity index is 0. The first-order valence-electron chi connectivity index (χ1n) is 11.3. The van der Waals surface area contributed by atoms with Crippen molar-refractivity contribution in [2.75, 3.05) is 0 Å². The molecule has 7 nitrogen and oxygen atoms in total. The molecule has 0 bridgehead atoms. The molecule has 0 saturated carbocycles. The molecule has 0 aromatic heterocycles. The van der Waals surface area contributed by atoms with Crippen LogP contribution in [0.25, 0.3) is 0 Å². The van der Waals surface area contributed by atoms with Crippen molar-refractivity contribution >= 4 is 73.4 Å². The molecule has 0 aliphatic carbocycles. The van der Waals surface area contributed by atoms with Crippen LogP contribution in [0.15, 0.2) is 0 Å². The predicted molar refractivity (Wildman–Crippen MR) is 125 cm³/mol. The molecular weight excluding hydrogens is 447 g/mol. The van der Waals surface area contributed by atoms with Crippen molar-refractivity contribution in [2.24, 2.45) is 29.6 Å². The average Bonchev–Trinajstić information content (AvgIpc) is 2.65. The fourth-order valence-electron chi connectivity index (χ4n) is 4.78. The Kier molecular flexibility index (Phi) is 16.7. The van der Waals surface area contributed by atoms with Gasteiger partial charge in [-0.2, -0.15) is 8.42 Å². The van der Waals surface area contributed by atoms with Gasteiger partial charge in [0.25, 0.3) is 10.1 Å². The maximum absolute atomic E-state index is 12.5. The zero-order valence-electron chi connectivity index (χ0n) is 19.4. The molecule has 0 aliphatic rings. The summed E-state index contributed by atoms with van der Waals surface area (Å²) in [6.07, 6.45) is 5.40. The van der Waals surface area contributed by atoms with E-state index in [2.05, 4.69) is 0 Å². The van der Waals surface area contributed by atoms with Gasteiger partial charge in [0.1, 0.15) is 0 Å². The van der Waals surface area contributed by atoms with Gasteiger partial charge in [0.15, 0.2) is 0 Å². The third kappa shape index (κ3) is 8.65. The number of carboxylic acid groups (broad SMARTS) is 2. The average molecular weight is 491 g/mol. The third-order valence-electron chi connectivity index (χ3n) is 7.14. The minimum absolute atomic E-state index is 0. The molecule has 0 rings (SSSR count). The number of aliphatic carboxylic acids is 2. The van der Waals surface area contributed by atoms with Gasteiger partial charge in [-0.1, -0.05) is 80.1 Å². The van der Waals surface area contributed by atoms with E-state index >= 15 is 0 Å². The molecular formula is C22H43KO7S. The van der Waals surface area contributed by atoms with Gasteiger partial charge in [0.05, 0.1) is 5.92 Å². The summed E-state index contributed by atoms with van der Waals surface area (Å²) in [7, 11) is -5.21. The van der Waals surface area contributed by atoms with Crippen LogP contribution in [0.5, 0.6) is 0 Å². The van der Waals surface area contributed by atoms with Crippen molar-refractivity contribution in [1.82, 2.24) is 0 Å². The quantitative estimate of drug-likeness (QED) is 0.215. The minimum atomic E-state index is -5.21. The fraction of sp³-hybridized carbons (Fsp3) is 0.909. The predicted octanol–water partition coefficient (Wildman–Crippen LogP) is 4.45. The normalized spacial score (nSPS) is 16.9. The summed E-state index contributed by atoms with van der Waals surface area (Å²) >= 11 is 0. The molecule has 0 fully saturated rings. The van der Waals surface area contributed by atoms with Gasteiger partial charge in [0, 0.05) is 0 Å². The van der Waals surface area contributed by atoms with Gasteiger partial charge < -0.3 is 10.2 Å². The standard InChI is InChI=1S/C22H42O7S.K.H/c1-7-17(8-2)13-11-15(5)19(20(23)24)22(21(25)26,30(27,28)29)16(6)12-14-18(9-3)10-4;;/h15-19H,7-14H2,1-6H3,(H,23,24)(H,25,26)(H,27,28,29);;. The summed E-state index contributed by atoms with van der Waals surface area (Å²) in [6.45, 7) is 11.1. The summed E-state index contributed by atoms with van der Waals surface area (Å²) in [6, 6.07) is 0. The van der Waals surface area contributed by atoms with E-state index in [1.807, 2.05) is 27.7 Å². The number of rotatable bonds is 16. The molecule has 0 aromatic rings. The zero-order valence-corrected chi connectivity index (χ0v) is 20.2. The molecule has 0 saturated heterocycles. The third-order valence-corrected chi connectivity index (χ3v) is 8.82. The van der Waals surface area contributed by atoms with Gasteiger partial charge in [-0.05, 0) is 36.5 Å². The first-order valence-corrected chi connectivity index (χ1v) is 12.7. The first kappa shape index (κ1) is 33.7. The summed E-state index contributed by atoms with van der Waals surface area (Å²) in [5.41, 5.74) is 0. The summed E-state index contributed by atoms with van der Waals surface area (Å²) in [5, 5.41) is 20.0. The molecule has 31 heavy (non-hydrogen) atoms. The second kappa shape index (κ2) is 15.4. The van der Waals surface area contributed by atoms with Crippen LogP contribution in [-0.2, 0) is 19.7 Å². The Labute approximate surface area is 231 Å². The number of hydrogen-bond donors (Lipinski definition) is 3. The Morgan fingerprint density at radius 1 is 0.806 bits per heavy atom. The van der Waals surface area contributed by atoms with Gasteiger partial charge in [-0.3, -0.25) is 14.1 Å². The summed E-state index contributed by atoms with van der Waals surface area (Å²) in [5.74, 6) is -6.16. The van der Waals surface area contributed by atoms with Crippen molar-refractivity contribution < 1.29 is 32.8 Å². The Morgan fingerprint density at radius 2 is 1.19 bits per heavy atom. The number of carbonyl (C=O) groups is 2. The van der Waals surface area contributed by atoms with E-state index in [-0.39, 0.29) is 63.7 Å². The maximum atomic E-state index is 12.5. The van der Waals surface area contributed by atoms with Crippen molar-refractivity contribution in [2.45, 2.75) is 97.7 Å². The van der Waals surface area contributed by atoms with Crippen molar-refractivity contribution in [3.8, 4) is 0 Å². The monoisotopic (exact) mass is 490 g/mol. The fourth-order valence-corrected chi connectivity index (χ4v) is 6.29. The van der Waals surface area contributed by atoms with Gasteiger partial charge >= 0.3 is 63.3 Å². The number of carboxylic acids is 2. The molecule has 0 heterocycles. The zero-order chi connectivity index (χ0) is 23.7. The van der Waals surface area contributed by atoms with Gasteiger partial charge in [-0.25, -0.2) is 0 Å². The van der Waals surface area contributed by atoms with Crippen LogP contribution in [0.2, 0.25) is 0 Å². The van der Waals surface area contributed by atoms with Crippen molar-refractivity contribution in [3.05, 3.63) is 0 Å². The molecule has 0 aromatic carbocycles. The molecule has 4 unspecified atom stereocenters. The molecule has 4 atom stereocenters. The summed E-state index contributed by atoms with van der Waals surface area (Å²) < 4.78 is 32.4. The molecule has 0 spiro atoms. The topological polar surface area (TPSA) is 129 Å². The van der Waals surface area contributed by atoms with Crippen molar-refractivity contribution in [1.29, 1.82) is 0 Å². The van der Waals surface area contributed by atoms with Gasteiger partial charge in [-0.15, -0.1) is 0 Å². The van der Waals surface area contributed by atoms with E-state index in [0.29, 0.717) is 25.2 Å². The van der Waals surface area contributed by atoms with E-state index in [1.165, 1.54) is 6.92 Å². The van der Waals surface area contributed by atoms with E-state index in [0.717, 1.165) is 25.7 Å². The second-order valence-electron chi connectivity index (χ2n) is 8.79. The second-order valence-corrected chi connectivity index (χ2v) is 10.4. The van der Waals surface area contributed by atoms with E-state index in [9.17, 15) is 32.8 Å². The van der Waals surface area contributed by atoms with E-state index in [4.69, 9.17) is 0 Å². The van der Waals surface area contributed by atoms with Crippen LogP contribution < -0.4 is 0 Å². The molecule has 3 N–H and O–H groups in total. The van der Waals surface area contributed by atoms with Crippen LogP contribution >= 0.6 is 0 Å². The Hall–Kier alpha value is 0.486. The van der Waals surface area contributed by atoms with E-state index < -0.39 is 44.6 Å². The Bertz CT molecular complexity index is 644. The SMILES string of the molecule is CCC(CC)CCC(C)C(C(=O)O)C(C(=O)O)(C(C)CCC(CC)CC)S(=O)(=O)O.[KH]. The molecule has 9 heteroatoms. The van der Waals surface area contributed by atoms with Crippen LogP contribution in [0.3, 0.4) is 0 Å². The van der Waals surface area contributed by atoms with Crippen LogP contribution in [-0.4, -0.2) is 91.3 Å². The number of hydrogen-bond acceptors (Lipinski definition) is 4. The first-order chi connectivity index (χ1) is 13.8.